The molecular weight excluding hydrogens is 228 g/mol. The normalized spacial score (nSPS) is 10.2. The highest BCUT2D eigenvalue weighted by Gasteiger charge is 2.17. The number of aromatic nitrogens is 2. The van der Waals surface area contributed by atoms with Crippen molar-refractivity contribution >= 4 is 11.6 Å². The standard InChI is InChI=1S/C9H14N4O4/c1-7-8(13(15)16)5-11-12(7)6-9(14)10-3-4-17-2/h5H,3-4,6H2,1-2H3,(H,10,14). The molecule has 8 nitrogen and oxygen atoms in total. The number of rotatable bonds is 6. The fourth-order valence-corrected chi connectivity index (χ4v) is 1.26. The summed E-state index contributed by atoms with van der Waals surface area (Å²) in [5, 5.41) is 17.0. The predicted octanol–water partition coefficient (Wildman–Crippen LogP) is -0.138. The second kappa shape index (κ2) is 5.94. The number of carbonyl (C=O) groups excluding carboxylic acids is 1. The quantitative estimate of drug-likeness (QED) is 0.425. The van der Waals surface area contributed by atoms with Crippen molar-refractivity contribution in [2.75, 3.05) is 20.3 Å². The Morgan fingerprint density at radius 2 is 2.41 bits per heavy atom. The number of nitrogens with zero attached hydrogens (tertiary/aromatic N) is 3. The Morgan fingerprint density at radius 3 is 2.94 bits per heavy atom. The van der Waals surface area contributed by atoms with Gasteiger partial charge in [0.1, 0.15) is 18.4 Å². The van der Waals surface area contributed by atoms with Gasteiger partial charge in [0.2, 0.25) is 5.91 Å². The van der Waals surface area contributed by atoms with Crippen LogP contribution in [0, 0.1) is 17.0 Å². The Hall–Kier alpha value is -1.96. The first-order valence-corrected chi connectivity index (χ1v) is 4.98. The first-order chi connectivity index (χ1) is 8.06. The van der Waals surface area contributed by atoms with E-state index < -0.39 is 4.92 Å². The van der Waals surface area contributed by atoms with Gasteiger partial charge >= 0.3 is 5.69 Å². The average molecular weight is 242 g/mol. The molecule has 0 saturated carbocycles. The minimum atomic E-state index is -0.526. The van der Waals surface area contributed by atoms with Crippen molar-refractivity contribution < 1.29 is 14.5 Å². The number of nitro groups is 1. The van der Waals surface area contributed by atoms with Crippen LogP contribution < -0.4 is 5.32 Å². The van der Waals surface area contributed by atoms with Crippen LogP contribution in [0.1, 0.15) is 5.69 Å². The van der Waals surface area contributed by atoms with Gasteiger partial charge in [-0.15, -0.1) is 0 Å². The third-order valence-corrected chi connectivity index (χ3v) is 2.20. The zero-order chi connectivity index (χ0) is 12.8. The fourth-order valence-electron chi connectivity index (χ4n) is 1.26. The van der Waals surface area contributed by atoms with Crippen LogP contribution in [0.25, 0.3) is 0 Å². The third kappa shape index (κ3) is 3.52. The summed E-state index contributed by atoms with van der Waals surface area (Å²) >= 11 is 0. The Labute approximate surface area is 97.7 Å². The maximum absolute atomic E-state index is 11.4. The maximum Gasteiger partial charge on any atom is 0.309 e. The predicted molar refractivity (Wildman–Crippen MR) is 58.5 cm³/mol. The third-order valence-electron chi connectivity index (χ3n) is 2.20. The number of methoxy groups -OCH3 is 1. The zero-order valence-electron chi connectivity index (χ0n) is 9.67. The van der Waals surface area contributed by atoms with E-state index in [0.717, 1.165) is 6.20 Å². The van der Waals surface area contributed by atoms with Gasteiger partial charge in [0, 0.05) is 13.7 Å². The topological polar surface area (TPSA) is 99.3 Å². The van der Waals surface area contributed by atoms with Crippen LogP contribution in [-0.4, -0.2) is 40.9 Å². The van der Waals surface area contributed by atoms with Crippen molar-refractivity contribution in [2.24, 2.45) is 0 Å². The van der Waals surface area contributed by atoms with Crippen LogP contribution in [0.3, 0.4) is 0 Å². The van der Waals surface area contributed by atoms with Crippen LogP contribution in [0.5, 0.6) is 0 Å². The van der Waals surface area contributed by atoms with E-state index in [9.17, 15) is 14.9 Å². The van der Waals surface area contributed by atoms with E-state index in [0.29, 0.717) is 18.8 Å². The lowest BCUT2D eigenvalue weighted by Gasteiger charge is -2.05. The maximum atomic E-state index is 11.4. The van der Waals surface area contributed by atoms with Gasteiger partial charge in [-0.05, 0) is 6.92 Å². The summed E-state index contributed by atoms with van der Waals surface area (Å²) in [5.41, 5.74) is 0.270. The van der Waals surface area contributed by atoms with Gasteiger partial charge in [-0.3, -0.25) is 19.6 Å². The van der Waals surface area contributed by atoms with Gasteiger partial charge in [0.15, 0.2) is 0 Å². The van der Waals surface area contributed by atoms with E-state index in [-0.39, 0.29) is 18.1 Å². The molecule has 0 spiro atoms. The number of carbonyl (C=O) groups is 1. The summed E-state index contributed by atoms with van der Waals surface area (Å²) in [4.78, 5) is 21.5. The van der Waals surface area contributed by atoms with E-state index >= 15 is 0 Å². The first-order valence-electron chi connectivity index (χ1n) is 4.98. The summed E-state index contributed by atoms with van der Waals surface area (Å²) in [7, 11) is 1.53. The largest absolute Gasteiger partial charge is 0.383 e. The smallest absolute Gasteiger partial charge is 0.309 e. The van der Waals surface area contributed by atoms with E-state index in [4.69, 9.17) is 4.74 Å². The van der Waals surface area contributed by atoms with E-state index in [1.54, 1.807) is 6.92 Å². The molecule has 0 unspecified atom stereocenters. The number of hydrogen-bond donors (Lipinski definition) is 1. The molecule has 94 valence electrons. The molecule has 17 heavy (non-hydrogen) atoms. The van der Waals surface area contributed by atoms with Crippen molar-refractivity contribution in [1.29, 1.82) is 0 Å². The Balaban J connectivity index is 2.57. The molecule has 0 radical (unpaired) electrons. The van der Waals surface area contributed by atoms with Crippen LogP contribution in [-0.2, 0) is 16.1 Å². The summed E-state index contributed by atoms with van der Waals surface area (Å²) < 4.78 is 6.07. The number of amides is 1. The lowest BCUT2D eigenvalue weighted by molar-refractivity contribution is -0.385. The van der Waals surface area contributed by atoms with E-state index in [1.165, 1.54) is 11.8 Å². The molecule has 0 aliphatic rings. The summed E-state index contributed by atoms with van der Waals surface area (Å²) in [6, 6.07) is 0. The molecule has 1 heterocycles. The Bertz CT molecular complexity index is 415. The molecule has 1 N–H and O–H groups in total. The van der Waals surface area contributed by atoms with Crippen LogP contribution in [0.2, 0.25) is 0 Å². The van der Waals surface area contributed by atoms with Gasteiger partial charge < -0.3 is 10.1 Å². The Morgan fingerprint density at radius 1 is 1.71 bits per heavy atom. The zero-order valence-corrected chi connectivity index (χ0v) is 9.67. The lowest BCUT2D eigenvalue weighted by Crippen LogP contribution is -2.30. The molecule has 0 aliphatic carbocycles. The lowest BCUT2D eigenvalue weighted by atomic mass is 10.4. The molecule has 0 bridgehead atoms. The average Bonchev–Trinajstić information content (AvgIpc) is 2.61. The van der Waals surface area contributed by atoms with E-state index in [2.05, 4.69) is 10.4 Å². The van der Waals surface area contributed by atoms with Crippen LogP contribution in [0.4, 0.5) is 5.69 Å². The second-order valence-corrected chi connectivity index (χ2v) is 3.37. The van der Waals surface area contributed by atoms with Crippen molar-refractivity contribution in [2.45, 2.75) is 13.5 Å². The minimum Gasteiger partial charge on any atom is -0.383 e. The molecule has 1 aromatic rings. The van der Waals surface area contributed by atoms with Crippen LogP contribution in [0.15, 0.2) is 6.20 Å². The minimum absolute atomic E-state index is 0.0383. The number of nitrogens with one attached hydrogen (secondary N) is 1. The molecule has 1 aromatic heterocycles. The van der Waals surface area contributed by atoms with Gasteiger partial charge in [0.05, 0.1) is 11.5 Å². The van der Waals surface area contributed by atoms with Gasteiger partial charge in [-0.2, -0.15) is 5.10 Å². The highest BCUT2D eigenvalue weighted by molar-refractivity contribution is 5.75. The van der Waals surface area contributed by atoms with Gasteiger partial charge in [0.25, 0.3) is 0 Å². The Kier molecular flexibility index (Phi) is 4.58. The number of hydrogen-bond acceptors (Lipinski definition) is 5. The molecule has 1 rings (SSSR count). The molecule has 0 aromatic carbocycles. The molecule has 0 atom stereocenters. The summed E-state index contributed by atoms with van der Waals surface area (Å²) in [5.74, 6) is -0.261. The summed E-state index contributed by atoms with van der Waals surface area (Å²) in [6.45, 7) is 2.33. The van der Waals surface area contributed by atoms with Gasteiger partial charge in [-0.25, -0.2) is 0 Å². The first kappa shape index (κ1) is 13.1. The molecule has 0 aliphatic heterocycles. The monoisotopic (exact) mass is 242 g/mol. The molecule has 0 saturated heterocycles. The summed E-state index contributed by atoms with van der Waals surface area (Å²) in [6.07, 6.45) is 1.14. The fraction of sp³-hybridized carbons (Fsp3) is 0.556. The van der Waals surface area contributed by atoms with E-state index in [1.807, 2.05) is 0 Å². The van der Waals surface area contributed by atoms with Crippen LogP contribution >= 0.6 is 0 Å². The molecule has 1 amide bonds. The highest BCUT2D eigenvalue weighted by atomic mass is 16.6. The van der Waals surface area contributed by atoms with Crippen molar-refractivity contribution in [3.05, 3.63) is 22.0 Å². The molecule has 8 heteroatoms. The number of ether oxygens (including phenoxy) is 1. The van der Waals surface area contributed by atoms with Gasteiger partial charge in [-0.1, -0.05) is 0 Å². The highest BCUT2D eigenvalue weighted by Crippen LogP contribution is 2.15. The van der Waals surface area contributed by atoms with Crippen molar-refractivity contribution in [1.82, 2.24) is 15.1 Å². The van der Waals surface area contributed by atoms with Crippen molar-refractivity contribution in [3.63, 3.8) is 0 Å². The SMILES string of the molecule is COCCNC(=O)Cn1ncc([N+](=O)[O-])c1C. The molecule has 0 fully saturated rings. The second-order valence-electron chi connectivity index (χ2n) is 3.37. The molecular formula is C9H14N4O4. The van der Waals surface area contributed by atoms with Crippen molar-refractivity contribution in [3.8, 4) is 0 Å².